The van der Waals surface area contributed by atoms with Gasteiger partial charge < -0.3 is 15.3 Å². The first-order chi connectivity index (χ1) is 10.6. The fourth-order valence-electron chi connectivity index (χ4n) is 2.85. The summed E-state index contributed by atoms with van der Waals surface area (Å²) in [6.45, 7) is -0.387. The highest BCUT2D eigenvalue weighted by Gasteiger charge is 2.64. The van der Waals surface area contributed by atoms with Crippen molar-refractivity contribution in [3.05, 3.63) is 0 Å². The van der Waals surface area contributed by atoms with Gasteiger partial charge in [-0.2, -0.15) is 17.6 Å². The van der Waals surface area contributed by atoms with Gasteiger partial charge in [-0.15, -0.1) is 0 Å². The van der Waals surface area contributed by atoms with E-state index in [2.05, 4.69) is 5.32 Å². The maximum absolute atomic E-state index is 13.1. The molecule has 0 atom stereocenters. The van der Waals surface area contributed by atoms with Gasteiger partial charge in [-0.3, -0.25) is 9.69 Å². The number of likely N-dealkylation sites (tertiary alicyclic amines) is 1. The Balaban J connectivity index is 1.80. The number of aliphatic carboxylic acids is 1. The van der Waals surface area contributed by atoms with E-state index >= 15 is 0 Å². The summed E-state index contributed by atoms with van der Waals surface area (Å²) in [4.78, 5) is 24.6. The van der Waals surface area contributed by atoms with Crippen LogP contribution in [0.1, 0.15) is 19.8 Å². The molecule has 2 rings (SSSR count). The molecule has 23 heavy (non-hydrogen) atoms. The van der Waals surface area contributed by atoms with Crippen molar-refractivity contribution in [3.63, 3.8) is 0 Å². The predicted molar refractivity (Wildman–Crippen MR) is 71.7 cm³/mol. The summed E-state index contributed by atoms with van der Waals surface area (Å²) in [5.41, 5.74) is 0. The van der Waals surface area contributed by atoms with E-state index in [0.717, 1.165) is 0 Å². The van der Waals surface area contributed by atoms with Crippen molar-refractivity contribution in [2.45, 2.75) is 43.7 Å². The standard InChI is InChI=1S/C13H19F4N3O3/c1-2-19(5-10(21)22)9-3-8(4-9)18-11(23)20-6-12(14,15)13(16,17)7-20/h8-9H,2-7H2,1H3,(H,18,23)(H,21,22). The average molecular weight is 341 g/mol. The van der Waals surface area contributed by atoms with Gasteiger partial charge in [-0.25, -0.2) is 4.79 Å². The molecule has 0 bridgehead atoms. The fourth-order valence-corrected chi connectivity index (χ4v) is 2.85. The van der Waals surface area contributed by atoms with E-state index in [9.17, 15) is 27.2 Å². The summed E-state index contributed by atoms with van der Waals surface area (Å²) in [7, 11) is 0. The lowest BCUT2D eigenvalue weighted by Gasteiger charge is -2.42. The van der Waals surface area contributed by atoms with Gasteiger partial charge in [0.15, 0.2) is 0 Å². The second-order valence-corrected chi connectivity index (χ2v) is 5.99. The molecule has 1 aliphatic carbocycles. The molecule has 2 fully saturated rings. The van der Waals surface area contributed by atoms with E-state index in [-0.39, 0.29) is 18.6 Å². The minimum absolute atomic E-state index is 0.0251. The topological polar surface area (TPSA) is 72.9 Å². The third kappa shape index (κ3) is 3.67. The van der Waals surface area contributed by atoms with Gasteiger partial charge in [0.05, 0.1) is 19.6 Å². The Morgan fingerprint density at radius 2 is 1.74 bits per heavy atom. The lowest BCUT2D eigenvalue weighted by molar-refractivity contribution is -0.172. The molecule has 0 radical (unpaired) electrons. The van der Waals surface area contributed by atoms with Gasteiger partial charge in [0, 0.05) is 12.1 Å². The Morgan fingerprint density at radius 1 is 1.22 bits per heavy atom. The molecule has 0 unspecified atom stereocenters. The van der Waals surface area contributed by atoms with Gasteiger partial charge in [0.25, 0.3) is 0 Å². The van der Waals surface area contributed by atoms with Crippen molar-refractivity contribution in [1.82, 2.24) is 15.1 Å². The molecule has 0 aromatic heterocycles. The Hall–Kier alpha value is -1.58. The normalized spacial score (nSPS) is 28.5. The lowest BCUT2D eigenvalue weighted by atomic mass is 9.85. The van der Waals surface area contributed by atoms with Crippen molar-refractivity contribution in [3.8, 4) is 0 Å². The quantitative estimate of drug-likeness (QED) is 0.738. The first-order valence-electron chi connectivity index (χ1n) is 7.32. The van der Waals surface area contributed by atoms with E-state index in [1.807, 2.05) is 6.92 Å². The van der Waals surface area contributed by atoms with Crippen LogP contribution in [0, 0.1) is 0 Å². The SMILES string of the molecule is CCN(CC(=O)O)C1CC(NC(=O)N2CC(F)(F)C(F)(F)C2)C1. The molecule has 0 aromatic rings. The first-order valence-corrected chi connectivity index (χ1v) is 7.32. The molecule has 0 spiro atoms. The van der Waals surface area contributed by atoms with E-state index < -0.39 is 36.9 Å². The van der Waals surface area contributed by atoms with E-state index in [4.69, 9.17) is 5.11 Å². The second kappa shape index (κ2) is 6.14. The fraction of sp³-hybridized carbons (Fsp3) is 0.846. The zero-order valence-corrected chi connectivity index (χ0v) is 12.6. The van der Waals surface area contributed by atoms with Crippen LogP contribution in [0.5, 0.6) is 0 Å². The van der Waals surface area contributed by atoms with Crippen molar-refractivity contribution >= 4 is 12.0 Å². The Kier molecular flexibility index (Phi) is 4.74. The summed E-state index contributed by atoms with van der Waals surface area (Å²) in [5.74, 6) is -9.39. The highest BCUT2D eigenvalue weighted by atomic mass is 19.3. The Bertz CT molecular complexity index is 467. The van der Waals surface area contributed by atoms with Gasteiger partial charge in [0.2, 0.25) is 0 Å². The van der Waals surface area contributed by atoms with Crippen LogP contribution in [0.25, 0.3) is 0 Å². The first kappa shape index (κ1) is 17.8. The summed E-state index contributed by atoms with van der Waals surface area (Å²) >= 11 is 0. The van der Waals surface area contributed by atoms with Gasteiger partial charge in [-0.1, -0.05) is 6.92 Å². The molecule has 2 aliphatic rings. The number of carboxylic acid groups (broad SMARTS) is 1. The molecule has 10 heteroatoms. The smallest absolute Gasteiger partial charge is 0.329 e. The number of alkyl halides is 4. The number of rotatable bonds is 5. The Morgan fingerprint density at radius 3 is 2.17 bits per heavy atom. The van der Waals surface area contributed by atoms with Crippen LogP contribution in [-0.2, 0) is 4.79 Å². The van der Waals surface area contributed by atoms with Crippen LogP contribution < -0.4 is 5.32 Å². The maximum atomic E-state index is 13.1. The molecule has 1 saturated carbocycles. The lowest BCUT2D eigenvalue weighted by Crippen LogP contribution is -2.56. The Labute approximate surface area is 130 Å². The number of nitrogens with one attached hydrogen (secondary N) is 1. The minimum Gasteiger partial charge on any atom is -0.480 e. The van der Waals surface area contributed by atoms with Crippen molar-refractivity contribution in [2.24, 2.45) is 0 Å². The number of carboxylic acids is 1. The zero-order chi connectivity index (χ0) is 17.4. The van der Waals surface area contributed by atoms with E-state index in [0.29, 0.717) is 24.3 Å². The number of halogens is 4. The van der Waals surface area contributed by atoms with Crippen LogP contribution >= 0.6 is 0 Å². The van der Waals surface area contributed by atoms with Crippen LogP contribution in [-0.4, -0.2) is 77.0 Å². The number of nitrogens with zero attached hydrogens (tertiary/aromatic N) is 2. The maximum Gasteiger partial charge on any atom is 0.329 e. The third-order valence-electron chi connectivity index (χ3n) is 4.30. The third-order valence-corrected chi connectivity index (χ3v) is 4.30. The second-order valence-electron chi connectivity index (χ2n) is 5.99. The van der Waals surface area contributed by atoms with Gasteiger partial charge in [-0.05, 0) is 19.4 Å². The molecule has 1 aliphatic heterocycles. The number of carbonyl (C=O) groups excluding carboxylic acids is 1. The number of hydrogen-bond acceptors (Lipinski definition) is 3. The van der Waals surface area contributed by atoms with Crippen LogP contribution in [0.4, 0.5) is 22.4 Å². The highest BCUT2D eigenvalue weighted by molar-refractivity contribution is 5.75. The van der Waals surface area contributed by atoms with Gasteiger partial charge >= 0.3 is 23.8 Å². The highest BCUT2D eigenvalue weighted by Crippen LogP contribution is 2.41. The zero-order valence-electron chi connectivity index (χ0n) is 12.6. The summed E-state index contributed by atoms with van der Waals surface area (Å²) in [6, 6.07) is -1.28. The van der Waals surface area contributed by atoms with Crippen molar-refractivity contribution in [1.29, 1.82) is 0 Å². The van der Waals surface area contributed by atoms with E-state index in [1.54, 1.807) is 4.90 Å². The molecule has 132 valence electrons. The van der Waals surface area contributed by atoms with Crippen LogP contribution in [0.3, 0.4) is 0 Å². The molecule has 1 saturated heterocycles. The monoisotopic (exact) mass is 341 g/mol. The summed E-state index contributed by atoms with van der Waals surface area (Å²) < 4.78 is 52.3. The number of hydrogen-bond donors (Lipinski definition) is 2. The largest absolute Gasteiger partial charge is 0.480 e. The molecular formula is C13H19F4N3O3. The average Bonchev–Trinajstić information content (AvgIpc) is 2.59. The number of urea groups is 1. The molecule has 2 amide bonds. The van der Waals surface area contributed by atoms with Crippen LogP contribution in [0.2, 0.25) is 0 Å². The number of carbonyl (C=O) groups is 2. The molecular weight excluding hydrogens is 322 g/mol. The summed E-state index contributed by atoms with van der Waals surface area (Å²) in [6.07, 6.45) is 0.932. The predicted octanol–water partition coefficient (Wildman–Crippen LogP) is 1.22. The molecule has 6 nitrogen and oxygen atoms in total. The number of likely N-dealkylation sites (N-methyl/N-ethyl adjacent to an activating group) is 1. The summed E-state index contributed by atoms with van der Waals surface area (Å²) in [5, 5.41) is 11.2. The van der Waals surface area contributed by atoms with Crippen LogP contribution in [0.15, 0.2) is 0 Å². The van der Waals surface area contributed by atoms with Crippen molar-refractivity contribution in [2.75, 3.05) is 26.2 Å². The van der Waals surface area contributed by atoms with E-state index in [1.165, 1.54) is 0 Å². The number of amides is 2. The minimum atomic E-state index is -4.22. The molecule has 1 heterocycles. The van der Waals surface area contributed by atoms with Crippen molar-refractivity contribution < 1.29 is 32.3 Å². The van der Waals surface area contributed by atoms with Gasteiger partial charge in [0.1, 0.15) is 0 Å². The molecule has 0 aromatic carbocycles. The molecule has 2 N–H and O–H groups in total.